The molecule has 0 bridgehead atoms. The SMILES string of the molecule is Cc1ccc(NC(=O)c2ccccc2N(C)S(C)(=O)=O)cc1F. The number of carbonyl (C=O) groups excluding carboxylic acids is 1. The highest BCUT2D eigenvalue weighted by Gasteiger charge is 2.19. The van der Waals surface area contributed by atoms with Gasteiger partial charge < -0.3 is 5.32 Å². The molecule has 5 nitrogen and oxygen atoms in total. The van der Waals surface area contributed by atoms with E-state index >= 15 is 0 Å². The first-order chi connectivity index (χ1) is 10.7. The Morgan fingerprint density at radius 3 is 2.43 bits per heavy atom. The van der Waals surface area contributed by atoms with Crippen LogP contribution < -0.4 is 9.62 Å². The molecular weight excluding hydrogens is 319 g/mol. The highest BCUT2D eigenvalue weighted by molar-refractivity contribution is 7.92. The standard InChI is InChI=1S/C16H17FN2O3S/c1-11-8-9-12(10-14(11)17)18-16(20)13-6-4-5-7-15(13)19(2)23(3,21)22/h4-10H,1-3H3,(H,18,20). The van der Waals surface area contributed by atoms with Crippen LogP contribution in [-0.4, -0.2) is 27.6 Å². The van der Waals surface area contributed by atoms with Gasteiger partial charge >= 0.3 is 0 Å². The van der Waals surface area contributed by atoms with Crippen LogP contribution in [0, 0.1) is 12.7 Å². The van der Waals surface area contributed by atoms with Crippen molar-refractivity contribution in [3.05, 3.63) is 59.4 Å². The van der Waals surface area contributed by atoms with E-state index in [0.717, 1.165) is 10.6 Å². The third-order valence-corrected chi connectivity index (χ3v) is 4.61. The summed E-state index contributed by atoms with van der Waals surface area (Å²) in [6.45, 7) is 1.62. The van der Waals surface area contributed by atoms with Crippen LogP contribution in [0.5, 0.6) is 0 Å². The van der Waals surface area contributed by atoms with Crippen LogP contribution in [0.2, 0.25) is 0 Å². The number of hydrogen-bond donors (Lipinski definition) is 1. The molecule has 0 aliphatic heterocycles. The Morgan fingerprint density at radius 2 is 1.83 bits per heavy atom. The Bertz CT molecular complexity index is 850. The monoisotopic (exact) mass is 336 g/mol. The quantitative estimate of drug-likeness (QED) is 0.933. The van der Waals surface area contributed by atoms with Gasteiger partial charge in [0.2, 0.25) is 10.0 Å². The van der Waals surface area contributed by atoms with Gasteiger partial charge in [0.05, 0.1) is 17.5 Å². The van der Waals surface area contributed by atoms with Gasteiger partial charge in [0, 0.05) is 12.7 Å². The predicted octanol–water partition coefficient (Wildman–Crippen LogP) is 2.78. The molecule has 7 heteroatoms. The summed E-state index contributed by atoms with van der Waals surface area (Å²) in [6, 6.07) is 10.7. The van der Waals surface area contributed by atoms with Crippen molar-refractivity contribution in [2.75, 3.05) is 22.9 Å². The van der Waals surface area contributed by atoms with Gasteiger partial charge in [0.15, 0.2) is 0 Å². The Balaban J connectivity index is 2.35. The Labute approximate surface area is 134 Å². The molecule has 0 heterocycles. The first-order valence-corrected chi connectivity index (χ1v) is 8.65. The minimum atomic E-state index is -3.50. The highest BCUT2D eigenvalue weighted by atomic mass is 32.2. The summed E-state index contributed by atoms with van der Waals surface area (Å²) in [7, 11) is -2.14. The lowest BCUT2D eigenvalue weighted by molar-refractivity contribution is 0.102. The van der Waals surface area contributed by atoms with E-state index in [2.05, 4.69) is 5.32 Å². The van der Waals surface area contributed by atoms with Crippen LogP contribution in [-0.2, 0) is 10.0 Å². The first kappa shape index (κ1) is 17.0. The van der Waals surface area contributed by atoms with E-state index in [0.29, 0.717) is 11.3 Å². The molecule has 0 aliphatic rings. The third kappa shape index (κ3) is 3.87. The zero-order valence-corrected chi connectivity index (χ0v) is 13.8. The number of amides is 1. The number of nitrogens with one attached hydrogen (secondary N) is 1. The van der Waals surface area contributed by atoms with Gasteiger partial charge in [0.1, 0.15) is 5.82 Å². The Morgan fingerprint density at radius 1 is 1.17 bits per heavy atom. The average Bonchev–Trinajstić information content (AvgIpc) is 2.49. The summed E-state index contributed by atoms with van der Waals surface area (Å²) >= 11 is 0. The van der Waals surface area contributed by atoms with E-state index in [-0.39, 0.29) is 11.3 Å². The van der Waals surface area contributed by atoms with Crippen LogP contribution in [0.4, 0.5) is 15.8 Å². The number of aryl methyl sites for hydroxylation is 1. The van der Waals surface area contributed by atoms with Crippen LogP contribution >= 0.6 is 0 Å². The van der Waals surface area contributed by atoms with Gasteiger partial charge in [-0.3, -0.25) is 9.10 Å². The highest BCUT2D eigenvalue weighted by Crippen LogP contribution is 2.23. The van der Waals surface area contributed by atoms with Crippen LogP contribution in [0.3, 0.4) is 0 Å². The van der Waals surface area contributed by atoms with Gasteiger partial charge in [-0.2, -0.15) is 0 Å². The molecule has 0 unspecified atom stereocenters. The molecule has 2 aromatic rings. The lowest BCUT2D eigenvalue weighted by Crippen LogP contribution is -2.27. The predicted molar refractivity (Wildman–Crippen MR) is 88.8 cm³/mol. The molecule has 2 aromatic carbocycles. The fourth-order valence-electron chi connectivity index (χ4n) is 1.99. The van der Waals surface area contributed by atoms with E-state index in [4.69, 9.17) is 0 Å². The van der Waals surface area contributed by atoms with E-state index in [1.165, 1.54) is 25.2 Å². The van der Waals surface area contributed by atoms with Gasteiger partial charge in [-0.1, -0.05) is 18.2 Å². The third-order valence-electron chi connectivity index (χ3n) is 3.42. The molecule has 2 rings (SSSR count). The summed E-state index contributed by atoms with van der Waals surface area (Å²) < 4.78 is 38.0. The van der Waals surface area contributed by atoms with Crippen molar-refractivity contribution in [2.45, 2.75) is 6.92 Å². The topological polar surface area (TPSA) is 66.5 Å². The minimum Gasteiger partial charge on any atom is -0.322 e. The summed E-state index contributed by atoms with van der Waals surface area (Å²) in [5, 5.41) is 2.57. The number of para-hydroxylation sites is 1. The summed E-state index contributed by atoms with van der Waals surface area (Å²) in [5.41, 5.74) is 1.21. The number of carbonyl (C=O) groups is 1. The summed E-state index contributed by atoms with van der Waals surface area (Å²) in [4.78, 5) is 12.4. The molecule has 0 spiro atoms. The second-order valence-electron chi connectivity index (χ2n) is 5.17. The number of halogens is 1. The zero-order valence-electron chi connectivity index (χ0n) is 13.0. The summed E-state index contributed by atoms with van der Waals surface area (Å²) in [6.07, 6.45) is 1.05. The largest absolute Gasteiger partial charge is 0.322 e. The van der Waals surface area contributed by atoms with Crippen molar-refractivity contribution in [1.29, 1.82) is 0 Å². The molecular formula is C16H17FN2O3S. The van der Waals surface area contributed by atoms with Crippen molar-refractivity contribution in [1.82, 2.24) is 0 Å². The van der Waals surface area contributed by atoms with Crippen molar-refractivity contribution >= 4 is 27.3 Å². The van der Waals surface area contributed by atoms with E-state index in [9.17, 15) is 17.6 Å². The van der Waals surface area contributed by atoms with E-state index in [1.54, 1.807) is 31.2 Å². The number of rotatable bonds is 4. The van der Waals surface area contributed by atoms with E-state index in [1.807, 2.05) is 0 Å². The molecule has 23 heavy (non-hydrogen) atoms. The fourth-order valence-corrected chi connectivity index (χ4v) is 2.50. The lowest BCUT2D eigenvalue weighted by Gasteiger charge is -2.19. The minimum absolute atomic E-state index is 0.182. The zero-order chi connectivity index (χ0) is 17.2. The number of nitrogens with zero attached hydrogens (tertiary/aromatic N) is 1. The van der Waals surface area contributed by atoms with Gasteiger partial charge in [0.25, 0.3) is 5.91 Å². The second-order valence-corrected chi connectivity index (χ2v) is 7.18. The number of anilines is 2. The average molecular weight is 336 g/mol. The molecule has 0 aromatic heterocycles. The van der Waals surface area contributed by atoms with Crippen molar-refractivity contribution in [3.63, 3.8) is 0 Å². The lowest BCUT2D eigenvalue weighted by atomic mass is 10.1. The molecule has 0 atom stereocenters. The molecule has 0 saturated carbocycles. The van der Waals surface area contributed by atoms with Crippen molar-refractivity contribution < 1.29 is 17.6 Å². The summed E-state index contributed by atoms with van der Waals surface area (Å²) in [5.74, 6) is -0.941. The maximum atomic E-state index is 13.6. The number of sulfonamides is 1. The maximum absolute atomic E-state index is 13.6. The smallest absolute Gasteiger partial charge is 0.257 e. The Hall–Kier alpha value is -2.41. The molecule has 1 amide bonds. The number of hydrogen-bond acceptors (Lipinski definition) is 3. The molecule has 0 aliphatic carbocycles. The van der Waals surface area contributed by atoms with Crippen molar-refractivity contribution in [2.24, 2.45) is 0 Å². The maximum Gasteiger partial charge on any atom is 0.257 e. The molecule has 0 saturated heterocycles. The number of benzene rings is 2. The normalized spacial score (nSPS) is 11.1. The molecule has 0 radical (unpaired) electrons. The van der Waals surface area contributed by atoms with Crippen molar-refractivity contribution in [3.8, 4) is 0 Å². The van der Waals surface area contributed by atoms with Gasteiger partial charge in [-0.25, -0.2) is 12.8 Å². The van der Waals surface area contributed by atoms with Crippen LogP contribution in [0.15, 0.2) is 42.5 Å². The molecule has 0 fully saturated rings. The Kier molecular flexibility index (Phi) is 4.70. The first-order valence-electron chi connectivity index (χ1n) is 6.80. The van der Waals surface area contributed by atoms with Gasteiger partial charge in [-0.15, -0.1) is 0 Å². The second kappa shape index (κ2) is 6.37. The fraction of sp³-hybridized carbons (Fsp3) is 0.188. The molecule has 1 N–H and O–H groups in total. The van der Waals surface area contributed by atoms with Gasteiger partial charge in [-0.05, 0) is 36.8 Å². The van der Waals surface area contributed by atoms with Crippen LogP contribution in [0.1, 0.15) is 15.9 Å². The molecule has 122 valence electrons. The van der Waals surface area contributed by atoms with Crippen LogP contribution in [0.25, 0.3) is 0 Å². The van der Waals surface area contributed by atoms with E-state index < -0.39 is 21.7 Å².